The highest BCUT2D eigenvalue weighted by molar-refractivity contribution is 7.89. The van der Waals surface area contributed by atoms with Gasteiger partial charge in [0.05, 0.1) is 6.54 Å². The van der Waals surface area contributed by atoms with Crippen molar-refractivity contribution in [3.05, 3.63) is 42.2 Å². The zero-order valence-corrected chi connectivity index (χ0v) is 12.1. The Balaban J connectivity index is 2.26. The Kier molecular flexibility index (Phi) is 4.70. The summed E-state index contributed by atoms with van der Waals surface area (Å²) in [7, 11) is -2.22. The molecule has 0 aliphatic rings. The minimum Gasteiger partial charge on any atom is -0.384 e. The normalized spacial score (nSPS) is 11.2. The van der Waals surface area contributed by atoms with Gasteiger partial charge in [-0.25, -0.2) is 13.4 Å². The largest absolute Gasteiger partial charge is 0.384 e. The summed E-state index contributed by atoms with van der Waals surface area (Å²) in [6, 6.07) is 1.42. The lowest BCUT2D eigenvalue weighted by Gasteiger charge is -2.15. The molecule has 0 saturated heterocycles. The van der Waals surface area contributed by atoms with Gasteiger partial charge >= 0.3 is 0 Å². The number of hydrogen-bond acceptors (Lipinski definition) is 5. The lowest BCUT2D eigenvalue weighted by atomic mass is 10.3. The first kappa shape index (κ1) is 15.2. The van der Waals surface area contributed by atoms with Gasteiger partial charge in [-0.15, -0.1) is 0 Å². The fourth-order valence-corrected chi connectivity index (χ4v) is 2.75. The smallest absolute Gasteiger partial charge is 0.244 e. The second kappa shape index (κ2) is 6.49. The Morgan fingerprint density at radius 3 is 2.90 bits per heavy atom. The number of nitrogens with one attached hydrogen (secondary N) is 1. The highest BCUT2D eigenvalue weighted by Gasteiger charge is 2.22. The van der Waals surface area contributed by atoms with Crippen LogP contribution >= 0.6 is 0 Å². The number of imidazole rings is 1. The number of aliphatic hydroxyl groups excluding tert-OH is 1. The summed E-state index contributed by atoms with van der Waals surface area (Å²) in [6.07, 6.45) is 5.89. The van der Waals surface area contributed by atoms with E-state index in [-0.39, 0.29) is 18.0 Å². The molecule has 0 radical (unpaired) electrons. The van der Waals surface area contributed by atoms with Crippen molar-refractivity contribution in [1.29, 1.82) is 0 Å². The van der Waals surface area contributed by atoms with Crippen LogP contribution in [0.2, 0.25) is 0 Å². The average molecular weight is 306 g/mol. The van der Waals surface area contributed by atoms with E-state index in [9.17, 15) is 8.42 Å². The van der Waals surface area contributed by atoms with Crippen LogP contribution in [0.3, 0.4) is 0 Å². The third-order valence-corrected chi connectivity index (χ3v) is 4.43. The van der Waals surface area contributed by atoms with Crippen LogP contribution in [0.1, 0.15) is 11.4 Å². The maximum atomic E-state index is 12.4. The predicted molar refractivity (Wildman–Crippen MR) is 75.4 cm³/mol. The molecular formula is C13H14N4O3S. The summed E-state index contributed by atoms with van der Waals surface area (Å²) in [5.41, 5.74) is 0.427. The van der Waals surface area contributed by atoms with Gasteiger partial charge in [0.2, 0.25) is 10.0 Å². The highest BCUT2D eigenvalue weighted by atomic mass is 32.2. The van der Waals surface area contributed by atoms with Gasteiger partial charge in [-0.1, -0.05) is 11.8 Å². The molecule has 0 aliphatic heterocycles. The van der Waals surface area contributed by atoms with E-state index in [1.54, 1.807) is 12.4 Å². The monoisotopic (exact) mass is 306 g/mol. The summed E-state index contributed by atoms with van der Waals surface area (Å²) < 4.78 is 26.0. The van der Waals surface area contributed by atoms with E-state index in [1.807, 2.05) is 0 Å². The molecule has 0 amide bonds. The second-order valence-corrected chi connectivity index (χ2v) is 6.21. The number of sulfonamides is 1. The predicted octanol–water partition coefficient (Wildman–Crippen LogP) is -0.0308. The molecule has 0 unspecified atom stereocenters. The van der Waals surface area contributed by atoms with E-state index in [4.69, 9.17) is 5.11 Å². The first-order chi connectivity index (χ1) is 10.0. The number of rotatable bonds is 4. The SMILES string of the molecule is CN(Cc1ncc[nH]1)S(=O)(=O)c1cncc(C#CCO)c1. The Morgan fingerprint density at radius 2 is 2.24 bits per heavy atom. The van der Waals surface area contributed by atoms with Gasteiger partial charge in [0, 0.05) is 37.4 Å². The summed E-state index contributed by atoms with van der Waals surface area (Å²) in [6.45, 7) is -0.169. The molecule has 0 atom stereocenters. The number of nitrogens with zero attached hydrogens (tertiary/aromatic N) is 3. The minimum absolute atomic E-state index is 0.0429. The standard InChI is InChI=1S/C13H14N4O3S/c1-17(10-13-15-4-5-16-13)21(19,20)12-7-11(3-2-6-18)8-14-9-12/h4-5,7-9,18H,6,10H2,1H3,(H,15,16). The summed E-state index contributed by atoms with van der Waals surface area (Å²) >= 11 is 0. The van der Waals surface area contributed by atoms with Crippen LogP contribution < -0.4 is 0 Å². The van der Waals surface area contributed by atoms with Crippen molar-refractivity contribution in [1.82, 2.24) is 19.3 Å². The van der Waals surface area contributed by atoms with Crippen molar-refractivity contribution in [2.75, 3.05) is 13.7 Å². The van der Waals surface area contributed by atoms with Gasteiger partial charge in [-0.05, 0) is 6.07 Å². The lowest BCUT2D eigenvalue weighted by molar-refractivity contribution is 0.350. The third-order valence-electron chi connectivity index (χ3n) is 2.66. The van der Waals surface area contributed by atoms with Crippen LogP contribution in [-0.4, -0.2) is 46.4 Å². The summed E-state index contributed by atoms with van der Waals surface area (Å²) in [5.74, 6) is 5.62. The van der Waals surface area contributed by atoms with Crippen molar-refractivity contribution >= 4 is 10.0 Å². The van der Waals surface area contributed by atoms with E-state index < -0.39 is 10.0 Å². The van der Waals surface area contributed by atoms with E-state index in [0.717, 1.165) is 0 Å². The van der Waals surface area contributed by atoms with Crippen LogP contribution in [0.4, 0.5) is 0 Å². The number of aromatic nitrogens is 3. The fraction of sp³-hybridized carbons (Fsp3) is 0.231. The molecule has 2 aromatic heterocycles. The van der Waals surface area contributed by atoms with Gasteiger partial charge < -0.3 is 10.1 Å². The molecule has 2 heterocycles. The zero-order chi connectivity index (χ0) is 15.3. The van der Waals surface area contributed by atoms with Gasteiger partial charge in [-0.3, -0.25) is 4.98 Å². The molecule has 0 aromatic carbocycles. The molecule has 0 fully saturated rings. The molecule has 0 bridgehead atoms. The number of hydrogen-bond donors (Lipinski definition) is 2. The number of aromatic amines is 1. The molecule has 7 nitrogen and oxygen atoms in total. The van der Waals surface area contributed by atoms with Crippen LogP contribution in [0.15, 0.2) is 35.7 Å². The molecule has 8 heteroatoms. The quantitative estimate of drug-likeness (QED) is 0.773. The number of aliphatic hydroxyl groups is 1. The Bertz CT molecular complexity index is 760. The summed E-state index contributed by atoms with van der Waals surface area (Å²) in [5, 5.41) is 8.66. The molecule has 2 aromatic rings. The molecular weight excluding hydrogens is 292 g/mol. The van der Waals surface area contributed by atoms with Crippen molar-refractivity contribution in [3.63, 3.8) is 0 Å². The van der Waals surface area contributed by atoms with Gasteiger partial charge in [-0.2, -0.15) is 4.31 Å². The molecule has 110 valence electrons. The van der Waals surface area contributed by atoms with Crippen molar-refractivity contribution in [3.8, 4) is 11.8 Å². The Morgan fingerprint density at radius 1 is 1.43 bits per heavy atom. The van der Waals surface area contributed by atoms with E-state index in [2.05, 4.69) is 26.8 Å². The third kappa shape index (κ3) is 3.66. The van der Waals surface area contributed by atoms with Crippen molar-refractivity contribution < 1.29 is 13.5 Å². The van der Waals surface area contributed by atoms with E-state index in [1.165, 1.54) is 29.8 Å². The maximum Gasteiger partial charge on any atom is 0.244 e. The first-order valence-corrected chi connectivity index (χ1v) is 7.47. The van der Waals surface area contributed by atoms with E-state index in [0.29, 0.717) is 11.4 Å². The first-order valence-electron chi connectivity index (χ1n) is 6.03. The zero-order valence-electron chi connectivity index (χ0n) is 11.3. The molecule has 21 heavy (non-hydrogen) atoms. The molecule has 0 aliphatic carbocycles. The summed E-state index contributed by atoms with van der Waals surface area (Å²) in [4.78, 5) is 10.8. The van der Waals surface area contributed by atoms with Gasteiger partial charge in [0.1, 0.15) is 17.3 Å². The number of pyridine rings is 1. The topological polar surface area (TPSA) is 99.2 Å². The Hall–Kier alpha value is -2.21. The fourth-order valence-electron chi connectivity index (χ4n) is 1.63. The maximum absolute atomic E-state index is 12.4. The number of H-pyrrole nitrogens is 1. The van der Waals surface area contributed by atoms with Crippen LogP contribution in [0.25, 0.3) is 0 Å². The van der Waals surface area contributed by atoms with Crippen LogP contribution in [0.5, 0.6) is 0 Å². The van der Waals surface area contributed by atoms with Crippen LogP contribution in [-0.2, 0) is 16.6 Å². The molecule has 2 N–H and O–H groups in total. The lowest BCUT2D eigenvalue weighted by Crippen LogP contribution is -2.27. The van der Waals surface area contributed by atoms with Crippen molar-refractivity contribution in [2.24, 2.45) is 0 Å². The Labute approximate surface area is 122 Å². The van der Waals surface area contributed by atoms with Crippen LogP contribution in [0, 0.1) is 11.8 Å². The molecule has 0 saturated carbocycles. The highest BCUT2D eigenvalue weighted by Crippen LogP contribution is 2.15. The minimum atomic E-state index is -3.68. The van der Waals surface area contributed by atoms with Gasteiger partial charge in [0.25, 0.3) is 0 Å². The second-order valence-electron chi connectivity index (χ2n) is 4.17. The molecule has 0 spiro atoms. The van der Waals surface area contributed by atoms with Gasteiger partial charge in [0.15, 0.2) is 0 Å². The van der Waals surface area contributed by atoms with Crippen molar-refractivity contribution in [2.45, 2.75) is 11.4 Å². The average Bonchev–Trinajstić information content (AvgIpc) is 2.98. The van der Waals surface area contributed by atoms with E-state index >= 15 is 0 Å². The molecule has 2 rings (SSSR count).